The second-order valence-corrected chi connectivity index (χ2v) is 3.43. The molecule has 5 nitrogen and oxygen atoms in total. The van der Waals surface area contributed by atoms with Crippen LogP contribution in [0.4, 0.5) is 11.4 Å². The minimum Gasteiger partial charge on any atom is -0.396 e. The van der Waals surface area contributed by atoms with Crippen molar-refractivity contribution in [2.75, 3.05) is 24.6 Å². The summed E-state index contributed by atoms with van der Waals surface area (Å²) in [5.41, 5.74) is 0.921. The second kappa shape index (κ2) is 6.07. The van der Waals surface area contributed by atoms with Gasteiger partial charge in [0.05, 0.1) is 4.92 Å². The maximum Gasteiger partial charge on any atom is 0.271 e. The van der Waals surface area contributed by atoms with E-state index in [1.54, 1.807) is 12.1 Å². The average Bonchev–Trinajstić information content (AvgIpc) is 2.30. The molecule has 0 aromatic heterocycles. The highest BCUT2D eigenvalue weighted by Gasteiger charge is 2.09. The van der Waals surface area contributed by atoms with Gasteiger partial charge in [-0.2, -0.15) is 0 Å². The van der Waals surface area contributed by atoms with Gasteiger partial charge in [-0.1, -0.05) is 6.07 Å². The monoisotopic (exact) mass is 224 g/mol. The Labute approximate surface area is 94.5 Å². The number of aliphatic hydroxyl groups is 1. The SMILES string of the molecule is CCN(CCCO)c1cccc([N+](=O)[O-])c1. The number of aliphatic hydroxyl groups excluding tert-OH is 1. The third kappa shape index (κ3) is 3.20. The third-order valence-electron chi connectivity index (χ3n) is 2.37. The van der Waals surface area contributed by atoms with Crippen LogP contribution in [0, 0.1) is 10.1 Å². The summed E-state index contributed by atoms with van der Waals surface area (Å²) < 4.78 is 0. The zero-order chi connectivity index (χ0) is 12.0. The molecule has 88 valence electrons. The minimum atomic E-state index is -0.399. The lowest BCUT2D eigenvalue weighted by Crippen LogP contribution is -2.24. The Balaban J connectivity index is 2.83. The standard InChI is InChI=1S/C11H16N2O3/c1-2-12(7-4-8-14)10-5-3-6-11(9-10)13(15)16/h3,5-6,9,14H,2,4,7-8H2,1H3. The van der Waals surface area contributed by atoms with Crippen molar-refractivity contribution in [3.63, 3.8) is 0 Å². The first kappa shape index (κ1) is 12.4. The number of nitro benzene ring substituents is 1. The van der Waals surface area contributed by atoms with E-state index < -0.39 is 4.92 Å². The average molecular weight is 224 g/mol. The van der Waals surface area contributed by atoms with E-state index >= 15 is 0 Å². The van der Waals surface area contributed by atoms with Crippen molar-refractivity contribution in [2.45, 2.75) is 13.3 Å². The molecule has 1 aromatic carbocycles. The van der Waals surface area contributed by atoms with Gasteiger partial charge >= 0.3 is 0 Å². The van der Waals surface area contributed by atoms with Gasteiger partial charge in [-0.3, -0.25) is 10.1 Å². The molecule has 1 rings (SSSR count). The molecule has 0 aliphatic heterocycles. The van der Waals surface area contributed by atoms with Gasteiger partial charge in [-0.25, -0.2) is 0 Å². The smallest absolute Gasteiger partial charge is 0.271 e. The number of hydrogen-bond donors (Lipinski definition) is 1. The van der Waals surface area contributed by atoms with Gasteiger partial charge in [0.2, 0.25) is 0 Å². The molecular formula is C11H16N2O3. The van der Waals surface area contributed by atoms with E-state index in [4.69, 9.17) is 5.11 Å². The molecule has 0 spiro atoms. The van der Waals surface area contributed by atoms with E-state index in [2.05, 4.69) is 0 Å². The summed E-state index contributed by atoms with van der Waals surface area (Å²) in [5, 5.41) is 19.4. The van der Waals surface area contributed by atoms with Crippen molar-refractivity contribution >= 4 is 11.4 Å². The topological polar surface area (TPSA) is 66.6 Å². The number of hydrogen-bond acceptors (Lipinski definition) is 4. The van der Waals surface area contributed by atoms with Crippen LogP contribution < -0.4 is 4.90 Å². The highest BCUT2D eigenvalue weighted by atomic mass is 16.6. The number of anilines is 1. The zero-order valence-corrected chi connectivity index (χ0v) is 9.30. The summed E-state index contributed by atoms with van der Waals surface area (Å²) in [6.45, 7) is 3.58. The van der Waals surface area contributed by atoms with Crippen LogP contribution in [0.1, 0.15) is 13.3 Å². The molecule has 1 aromatic rings. The van der Waals surface area contributed by atoms with Crippen molar-refractivity contribution in [3.8, 4) is 0 Å². The summed E-state index contributed by atoms with van der Waals surface area (Å²) >= 11 is 0. The Hall–Kier alpha value is -1.62. The molecular weight excluding hydrogens is 208 g/mol. The molecule has 0 amide bonds. The van der Waals surface area contributed by atoms with Crippen LogP contribution in [0.15, 0.2) is 24.3 Å². The zero-order valence-electron chi connectivity index (χ0n) is 9.30. The van der Waals surface area contributed by atoms with Crippen molar-refractivity contribution in [1.29, 1.82) is 0 Å². The quantitative estimate of drug-likeness (QED) is 0.591. The van der Waals surface area contributed by atoms with Crippen LogP contribution in [0.3, 0.4) is 0 Å². The molecule has 0 unspecified atom stereocenters. The molecule has 16 heavy (non-hydrogen) atoms. The summed E-state index contributed by atoms with van der Waals surface area (Å²) in [7, 11) is 0. The number of benzene rings is 1. The molecule has 1 N–H and O–H groups in total. The fraction of sp³-hybridized carbons (Fsp3) is 0.455. The van der Waals surface area contributed by atoms with E-state index in [0.717, 1.165) is 12.2 Å². The predicted octanol–water partition coefficient (Wildman–Crippen LogP) is 1.80. The normalized spacial score (nSPS) is 10.1. The lowest BCUT2D eigenvalue weighted by atomic mass is 10.2. The van der Waals surface area contributed by atoms with Gasteiger partial charge in [0.15, 0.2) is 0 Å². The maximum atomic E-state index is 10.6. The maximum absolute atomic E-state index is 10.6. The molecule has 5 heteroatoms. The van der Waals surface area contributed by atoms with Gasteiger partial charge in [0.1, 0.15) is 0 Å². The molecule has 0 heterocycles. The molecule has 0 saturated carbocycles. The van der Waals surface area contributed by atoms with E-state index in [1.807, 2.05) is 17.9 Å². The minimum absolute atomic E-state index is 0.0972. The van der Waals surface area contributed by atoms with Crippen molar-refractivity contribution in [3.05, 3.63) is 34.4 Å². The Bertz CT molecular complexity index is 355. The molecule has 0 aliphatic carbocycles. The first-order valence-corrected chi connectivity index (χ1v) is 5.29. The predicted molar refractivity (Wildman–Crippen MR) is 62.7 cm³/mol. The fourth-order valence-electron chi connectivity index (χ4n) is 1.53. The first-order chi connectivity index (χ1) is 7.69. The Morgan fingerprint density at radius 1 is 1.50 bits per heavy atom. The number of nitro groups is 1. The Morgan fingerprint density at radius 3 is 2.81 bits per heavy atom. The van der Waals surface area contributed by atoms with E-state index in [1.165, 1.54) is 6.07 Å². The van der Waals surface area contributed by atoms with E-state index in [9.17, 15) is 10.1 Å². The van der Waals surface area contributed by atoms with E-state index in [0.29, 0.717) is 13.0 Å². The van der Waals surface area contributed by atoms with Gasteiger partial charge < -0.3 is 10.0 Å². The summed E-state index contributed by atoms with van der Waals surface area (Å²) in [4.78, 5) is 12.2. The van der Waals surface area contributed by atoms with Gasteiger partial charge in [0.25, 0.3) is 5.69 Å². The van der Waals surface area contributed by atoms with Crippen LogP contribution in [-0.2, 0) is 0 Å². The lowest BCUT2D eigenvalue weighted by molar-refractivity contribution is -0.384. The number of nitrogens with zero attached hydrogens (tertiary/aromatic N) is 2. The van der Waals surface area contributed by atoms with Crippen LogP contribution in [0.25, 0.3) is 0 Å². The largest absolute Gasteiger partial charge is 0.396 e. The van der Waals surface area contributed by atoms with Gasteiger partial charge in [-0.15, -0.1) is 0 Å². The highest BCUT2D eigenvalue weighted by Crippen LogP contribution is 2.20. The second-order valence-electron chi connectivity index (χ2n) is 3.43. The summed E-state index contributed by atoms with van der Waals surface area (Å²) in [6, 6.07) is 6.55. The van der Waals surface area contributed by atoms with E-state index in [-0.39, 0.29) is 12.3 Å². The van der Waals surface area contributed by atoms with Crippen LogP contribution in [0.2, 0.25) is 0 Å². The summed E-state index contributed by atoms with van der Waals surface area (Å²) in [6.07, 6.45) is 0.663. The molecule has 0 aliphatic rings. The Kier molecular flexibility index (Phi) is 4.72. The lowest BCUT2D eigenvalue weighted by Gasteiger charge is -2.22. The molecule has 0 saturated heterocycles. The molecule has 0 atom stereocenters. The first-order valence-electron chi connectivity index (χ1n) is 5.29. The molecule has 0 fully saturated rings. The molecule has 0 bridgehead atoms. The highest BCUT2D eigenvalue weighted by molar-refractivity contribution is 5.53. The number of rotatable bonds is 6. The third-order valence-corrected chi connectivity index (χ3v) is 2.37. The van der Waals surface area contributed by atoms with Gasteiger partial charge in [-0.05, 0) is 19.4 Å². The van der Waals surface area contributed by atoms with Crippen molar-refractivity contribution in [2.24, 2.45) is 0 Å². The van der Waals surface area contributed by atoms with Crippen molar-refractivity contribution < 1.29 is 10.0 Å². The van der Waals surface area contributed by atoms with Crippen LogP contribution in [-0.4, -0.2) is 29.7 Å². The van der Waals surface area contributed by atoms with Crippen LogP contribution >= 0.6 is 0 Å². The van der Waals surface area contributed by atoms with Crippen LogP contribution in [0.5, 0.6) is 0 Å². The molecule has 0 radical (unpaired) electrons. The summed E-state index contributed by atoms with van der Waals surface area (Å²) in [5.74, 6) is 0. The fourth-order valence-corrected chi connectivity index (χ4v) is 1.53. The Morgan fingerprint density at radius 2 is 2.25 bits per heavy atom. The number of non-ortho nitro benzene ring substituents is 1. The van der Waals surface area contributed by atoms with Crippen molar-refractivity contribution in [1.82, 2.24) is 0 Å². The van der Waals surface area contributed by atoms with Gasteiger partial charge in [0, 0.05) is 37.5 Å².